The van der Waals surface area contributed by atoms with E-state index < -0.39 is 21.9 Å². The number of piperidine rings is 1. The minimum atomic E-state index is -3.69. The van der Waals surface area contributed by atoms with Crippen molar-refractivity contribution < 1.29 is 22.7 Å². The number of nitrogens with one attached hydrogen (secondary N) is 1. The fourth-order valence-electron chi connectivity index (χ4n) is 3.55. The summed E-state index contributed by atoms with van der Waals surface area (Å²) in [6, 6.07) is 5.95. The molecule has 0 saturated carbocycles. The van der Waals surface area contributed by atoms with Crippen molar-refractivity contribution in [3.05, 3.63) is 40.9 Å². The number of carbonyl (C=O) groups is 2. The molecular weight excluding hydrogens is 426 g/mol. The molecule has 1 aromatic heterocycles. The summed E-state index contributed by atoms with van der Waals surface area (Å²) in [6.07, 6.45) is 0.996. The van der Waals surface area contributed by atoms with Crippen molar-refractivity contribution in [2.24, 2.45) is 11.8 Å². The summed E-state index contributed by atoms with van der Waals surface area (Å²) >= 11 is 1.09. The van der Waals surface area contributed by atoms with Crippen molar-refractivity contribution in [1.29, 1.82) is 0 Å². The minimum Gasteiger partial charge on any atom is -0.461 e. The van der Waals surface area contributed by atoms with E-state index in [1.165, 1.54) is 27.9 Å². The maximum atomic E-state index is 13.1. The molecule has 8 nitrogen and oxygen atoms in total. The van der Waals surface area contributed by atoms with Crippen LogP contribution in [0.2, 0.25) is 0 Å². The van der Waals surface area contributed by atoms with Gasteiger partial charge in [-0.1, -0.05) is 19.9 Å². The van der Waals surface area contributed by atoms with Gasteiger partial charge in [0.25, 0.3) is 5.91 Å². The molecule has 2 unspecified atom stereocenters. The Morgan fingerprint density at radius 1 is 1.27 bits per heavy atom. The van der Waals surface area contributed by atoms with Crippen molar-refractivity contribution in [3.63, 3.8) is 0 Å². The van der Waals surface area contributed by atoms with Crippen LogP contribution in [-0.4, -0.2) is 49.3 Å². The SMILES string of the molecule is CCOC(=O)c1csc(NC(=O)c2cccc(S(=O)(=O)N3CC(C)CC(C)C3)c2)n1. The molecular formula is C20H25N3O5S2. The number of hydrogen-bond acceptors (Lipinski definition) is 7. The fraction of sp³-hybridized carbons (Fsp3) is 0.450. The number of anilines is 1. The summed E-state index contributed by atoms with van der Waals surface area (Å²) in [6.45, 7) is 6.95. The van der Waals surface area contributed by atoms with Gasteiger partial charge in [0.05, 0.1) is 11.5 Å². The number of aromatic nitrogens is 1. The van der Waals surface area contributed by atoms with Crippen LogP contribution in [0, 0.1) is 11.8 Å². The van der Waals surface area contributed by atoms with Crippen LogP contribution in [0.1, 0.15) is 48.0 Å². The van der Waals surface area contributed by atoms with E-state index >= 15 is 0 Å². The lowest BCUT2D eigenvalue weighted by Gasteiger charge is -2.34. The van der Waals surface area contributed by atoms with Gasteiger partial charge >= 0.3 is 5.97 Å². The van der Waals surface area contributed by atoms with Gasteiger partial charge in [0.2, 0.25) is 10.0 Å². The average Bonchev–Trinajstić information content (AvgIpc) is 3.16. The van der Waals surface area contributed by atoms with Crippen LogP contribution in [0.3, 0.4) is 0 Å². The zero-order chi connectivity index (χ0) is 21.9. The Labute approximate surface area is 180 Å². The standard InChI is InChI=1S/C20H25N3O5S2/c1-4-28-19(25)17-12-29-20(21-17)22-18(24)15-6-5-7-16(9-15)30(26,27)23-10-13(2)8-14(3)11-23/h5-7,9,12-14H,4,8,10-11H2,1-3H3,(H,21,22,24). The summed E-state index contributed by atoms with van der Waals surface area (Å²) in [7, 11) is -3.69. The maximum Gasteiger partial charge on any atom is 0.357 e. The molecule has 1 fully saturated rings. The predicted octanol–water partition coefficient (Wildman–Crippen LogP) is 3.24. The molecule has 1 N–H and O–H groups in total. The van der Waals surface area contributed by atoms with E-state index in [9.17, 15) is 18.0 Å². The first-order valence-corrected chi connectivity index (χ1v) is 12.1. The Morgan fingerprint density at radius 3 is 2.63 bits per heavy atom. The molecule has 3 rings (SSSR count). The average molecular weight is 452 g/mol. The summed E-state index contributed by atoms with van der Waals surface area (Å²) in [5, 5.41) is 4.32. The van der Waals surface area contributed by atoms with Gasteiger partial charge in [-0.2, -0.15) is 4.31 Å². The van der Waals surface area contributed by atoms with Gasteiger partial charge in [-0.25, -0.2) is 18.2 Å². The van der Waals surface area contributed by atoms with Crippen LogP contribution in [0.5, 0.6) is 0 Å². The van der Waals surface area contributed by atoms with Crippen LogP contribution in [0.25, 0.3) is 0 Å². The number of nitrogens with zero attached hydrogens (tertiary/aromatic N) is 2. The van der Waals surface area contributed by atoms with Gasteiger partial charge < -0.3 is 4.74 Å². The van der Waals surface area contributed by atoms with Gasteiger partial charge in [0, 0.05) is 24.0 Å². The largest absolute Gasteiger partial charge is 0.461 e. The van der Waals surface area contributed by atoms with Crippen molar-refractivity contribution in [2.45, 2.75) is 32.1 Å². The molecule has 162 valence electrons. The van der Waals surface area contributed by atoms with E-state index in [0.29, 0.717) is 13.1 Å². The van der Waals surface area contributed by atoms with E-state index in [-0.39, 0.29) is 39.7 Å². The molecule has 10 heteroatoms. The molecule has 0 spiro atoms. The maximum absolute atomic E-state index is 13.1. The topological polar surface area (TPSA) is 106 Å². The summed E-state index contributed by atoms with van der Waals surface area (Å²) in [4.78, 5) is 28.4. The second-order valence-electron chi connectivity index (χ2n) is 7.51. The highest BCUT2D eigenvalue weighted by molar-refractivity contribution is 7.89. The Balaban J connectivity index is 1.76. The number of benzene rings is 1. The lowest BCUT2D eigenvalue weighted by molar-refractivity contribution is 0.0520. The quantitative estimate of drug-likeness (QED) is 0.676. The van der Waals surface area contributed by atoms with Crippen molar-refractivity contribution in [3.8, 4) is 0 Å². The van der Waals surface area contributed by atoms with Crippen molar-refractivity contribution in [1.82, 2.24) is 9.29 Å². The lowest BCUT2D eigenvalue weighted by Crippen LogP contribution is -2.42. The molecule has 2 aromatic rings. The third-order valence-electron chi connectivity index (χ3n) is 4.78. The number of amides is 1. The van der Waals surface area contributed by atoms with Crippen LogP contribution in [0.15, 0.2) is 34.5 Å². The predicted molar refractivity (Wildman–Crippen MR) is 114 cm³/mol. The molecule has 0 radical (unpaired) electrons. The number of sulfonamides is 1. The highest BCUT2D eigenvalue weighted by atomic mass is 32.2. The number of esters is 1. The molecule has 2 atom stereocenters. The first-order chi connectivity index (χ1) is 14.2. The molecule has 1 saturated heterocycles. The monoisotopic (exact) mass is 451 g/mol. The summed E-state index contributed by atoms with van der Waals surface area (Å²) in [5.41, 5.74) is 0.309. The number of hydrogen-bond donors (Lipinski definition) is 1. The Morgan fingerprint density at radius 2 is 1.97 bits per heavy atom. The van der Waals surface area contributed by atoms with Gasteiger partial charge in [-0.15, -0.1) is 11.3 Å². The Kier molecular flexibility index (Phi) is 6.89. The molecule has 1 aliphatic rings. The highest BCUT2D eigenvalue weighted by Crippen LogP contribution is 2.27. The van der Waals surface area contributed by atoms with Gasteiger partial charge in [0.15, 0.2) is 10.8 Å². The number of ether oxygens (including phenoxy) is 1. The minimum absolute atomic E-state index is 0.0859. The van der Waals surface area contributed by atoms with E-state index in [1.54, 1.807) is 13.0 Å². The molecule has 1 aliphatic heterocycles. The van der Waals surface area contributed by atoms with E-state index in [2.05, 4.69) is 10.3 Å². The van der Waals surface area contributed by atoms with Crippen LogP contribution < -0.4 is 5.32 Å². The molecule has 1 aromatic carbocycles. The Hall–Kier alpha value is -2.30. The number of carbonyl (C=O) groups excluding carboxylic acids is 2. The van der Waals surface area contributed by atoms with Crippen molar-refractivity contribution in [2.75, 3.05) is 25.0 Å². The fourth-order valence-corrected chi connectivity index (χ4v) is 5.95. The molecule has 2 heterocycles. The molecule has 30 heavy (non-hydrogen) atoms. The zero-order valence-electron chi connectivity index (χ0n) is 17.1. The van der Waals surface area contributed by atoms with Crippen molar-refractivity contribution >= 4 is 38.4 Å². The zero-order valence-corrected chi connectivity index (χ0v) is 18.8. The van der Waals surface area contributed by atoms with Gasteiger partial charge in [-0.05, 0) is 43.4 Å². The van der Waals surface area contributed by atoms with Crippen LogP contribution in [-0.2, 0) is 14.8 Å². The summed E-state index contributed by atoms with van der Waals surface area (Å²) < 4.78 is 32.5. The smallest absolute Gasteiger partial charge is 0.357 e. The normalized spacial score (nSPS) is 20.0. The second kappa shape index (κ2) is 9.23. The molecule has 0 aliphatic carbocycles. The number of rotatable bonds is 6. The summed E-state index contributed by atoms with van der Waals surface area (Å²) in [5.74, 6) is -0.494. The third-order valence-corrected chi connectivity index (χ3v) is 7.36. The Bertz CT molecular complexity index is 1020. The van der Waals surface area contributed by atoms with E-state index in [4.69, 9.17) is 4.74 Å². The molecule has 0 bridgehead atoms. The first kappa shape index (κ1) is 22.4. The van der Waals surface area contributed by atoms with Crippen LogP contribution in [0.4, 0.5) is 5.13 Å². The van der Waals surface area contributed by atoms with Gasteiger partial charge in [-0.3, -0.25) is 10.1 Å². The first-order valence-electron chi connectivity index (χ1n) is 9.75. The van der Waals surface area contributed by atoms with E-state index in [0.717, 1.165) is 17.8 Å². The second-order valence-corrected chi connectivity index (χ2v) is 10.3. The molecule has 1 amide bonds. The third kappa shape index (κ3) is 5.05. The lowest BCUT2D eigenvalue weighted by atomic mass is 9.94. The highest BCUT2D eigenvalue weighted by Gasteiger charge is 2.32. The van der Waals surface area contributed by atoms with E-state index in [1.807, 2.05) is 13.8 Å². The van der Waals surface area contributed by atoms with Gasteiger partial charge in [0.1, 0.15) is 0 Å². The number of thiazole rings is 1. The van der Waals surface area contributed by atoms with Crippen LogP contribution >= 0.6 is 11.3 Å².